The summed E-state index contributed by atoms with van der Waals surface area (Å²) < 4.78 is 0. The first-order valence-electron chi connectivity index (χ1n) is 11.3. The summed E-state index contributed by atoms with van der Waals surface area (Å²) in [6.07, 6.45) is 10.0. The Morgan fingerprint density at radius 3 is 2.48 bits per heavy atom. The second kappa shape index (κ2) is 11.4. The van der Waals surface area contributed by atoms with E-state index in [-0.39, 0.29) is 17.7 Å². The van der Waals surface area contributed by atoms with Gasteiger partial charge in [0.1, 0.15) is 6.04 Å². The van der Waals surface area contributed by atoms with Crippen molar-refractivity contribution in [3.63, 3.8) is 0 Å². The molecule has 2 aliphatic rings. The van der Waals surface area contributed by atoms with E-state index in [0.717, 1.165) is 38.3 Å². The lowest BCUT2D eigenvalue weighted by molar-refractivity contribution is -0.139. The molecule has 164 valence electrons. The molecule has 0 unspecified atom stereocenters. The summed E-state index contributed by atoms with van der Waals surface area (Å²) in [5, 5.41) is 2.98. The van der Waals surface area contributed by atoms with Gasteiger partial charge in [-0.1, -0.05) is 39.2 Å². The van der Waals surface area contributed by atoms with Crippen LogP contribution in [-0.4, -0.2) is 41.8 Å². The normalized spacial score (nSPS) is 22.5. The Kier molecular flexibility index (Phi) is 9.18. The van der Waals surface area contributed by atoms with Crippen LogP contribution in [-0.2, 0) is 14.4 Å². The Balaban J connectivity index is 2.05. The predicted octanol–water partition coefficient (Wildman–Crippen LogP) is 3.01. The molecule has 3 N–H and O–H groups in total. The highest BCUT2D eigenvalue weighted by Crippen LogP contribution is 2.30. The highest BCUT2D eigenvalue weighted by molar-refractivity contribution is 5.91. The number of nitrogens with two attached hydrogens (primary N) is 1. The van der Waals surface area contributed by atoms with Gasteiger partial charge < -0.3 is 16.0 Å². The number of primary amides is 1. The van der Waals surface area contributed by atoms with Gasteiger partial charge in [0.15, 0.2) is 0 Å². The van der Waals surface area contributed by atoms with Gasteiger partial charge in [-0.3, -0.25) is 14.4 Å². The Bertz CT molecular complexity index is 586. The van der Waals surface area contributed by atoms with E-state index >= 15 is 0 Å². The zero-order chi connectivity index (χ0) is 21.4. The van der Waals surface area contributed by atoms with Crippen LogP contribution in [0.5, 0.6) is 0 Å². The van der Waals surface area contributed by atoms with Crippen molar-refractivity contribution in [1.82, 2.24) is 10.2 Å². The SMILES string of the molecule is C=CC[C@H](C(N)=O)[C@@H](CC(C)C)C(=O)N[C@H]1CCCCN(CCC2CCC2)C1=O. The minimum absolute atomic E-state index is 0.0258. The van der Waals surface area contributed by atoms with Crippen LogP contribution in [0.15, 0.2) is 12.7 Å². The summed E-state index contributed by atoms with van der Waals surface area (Å²) in [5.74, 6) is -0.831. The molecule has 0 aromatic carbocycles. The average molecular weight is 406 g/mol. The number of amides is 3. The zero-order valence-electron chi connectivity index (χ0n) is 18.2. The molecule has 1 heterocycles. The van der Waals surface area contributed by atoms with E-state index in [1.54, 1.807) is 6.08 Å². The molecule has 0 aromatic heterocycles. The van der Waals surface area contributed by atoms with E-state index in [1.807, 2.05) is 18.7 Å². The summed E-state index contributed by atoms with van der Waals surface area (Å²) in [6, 6.07) is -0.502. The average Bonchev–Trinajstić information content (AvgIpc) is 2.78. The van der Waals surface area contributed by atoms with Gasteiger partial charge in [-0.25, -0.2) is 0 Å². The number of hydrogen-bond donors (Lipinski definition) is 2. The molecule has 3 atom stereocenters. The van der Waals surface area contributed by atoms with Crippen LogP contribution in [0.3, 0.4) is 0 Å². The van der Waals surface area contributed by atoms with Crippen molar-refractivity contribution in [1.29, 1.82) is 0 Å². The second-order valence-electron chi connectivity index (χ2n) is 9.24. The van der Waals surface area contributed by atoms with Crippen molar-refractivity contribution in [2.24, 2.45) is 29.4 Å². The monoisotopic (exact) mass is 405 g/mol. The van der Waals surface area contributed by atoms with Crippen molar-refractivity contribution in [2.75, 3.05) is 13.1 Å². The maximum atomic E-state index is 13.1. The number of hydrogen-bond acceptors (Lipinski definition) is 3. The van der Waals surface area contributed by atoms with Crippen molar-refractivity contribution < 1.29 is 14.4 Å². The molecule has 0 bridgehead atoms. The number of nitrogens with one attached hydrogen (secondary N) is 1. The van der Waals surface area contributed by atoms with Gasteiger partial charge in [-0.2, -0.15) is 0 Å². The van der Waals surface area contributed by atoms with Gasteiger partial charge in [0, 0.05) is 13.1 Å². The first-order chi connectivity index (χ1) is 13.8. The quantitative estimate of drug-likeness (QED) is 0.518. The third-order valence-corrected chi connectivity index (χ3v) is 6.46. The number of rotatable bonds is 11. The van der Waals surface area contributed by atoms with E-state index in [9.17, 15) is 14.4 Å². The molecular weight excluding hydrogens is 366 g/mol. The number of allylic oxidation sites excluding steroid dienone is 1. The number of likely N-dealkylation sites (tertiary alicyclic amines) is 1. The minimum Gasteiger partial charge on any atom is -0.369 e. The summed E-state index contributed by atoms with van der Waals surface area (Å²) in [6.45, 7) is 9.29. The minimum atomic E-state index is -0.592. The van der Waals surface area contributed by atoms with E-state index in [2.05, 4.69) is 11.9 Å². The lowest BCUT2D eigenvalue weighted by atomic mass is 9.82. The summed E-state index contributed by atoms with van der Waals surface area (Å²) in [5.41, 5.74) is 5.59. The Labute approximate surface area is 175 Å². The zero-order valence-corrected chi connectivity index (χ0v) is 18.2. The van der Waals surface area contributed by atoms with Crippen LogP contribution in [0.1, 0.15) is 71.6 Å². The Hall–Kier alpha value is -1.85. The third kappa shape index (κ3) is 6.86. The van der Waals surface area contributed by atoms with Gasteiger partial charge >= 0.3 is 0 Å². The van der Waals surface area contributed by atoms with Crippen LogP contribution < -0.4 is 11.1 Å². The predicted molar refractivity (Wildman–Crippen MR) is 115 cm³/mol. The van der Waals surface area contributed by atoms with Gasteiger partial charge in [0.25, 0.3) is 0 Å². The second-order valence-corrected chi connectivity index (χ2v) is 9.24. The maximum absolute atomic E-state index is 13.1. The fraction of sp³-hybridized carbons (Fsp3) is 0.783. The molecule has 1 aliphatic heterocycles. The van der Waals surface area contributed by atoms with E-state index < -0.39 is 23.8 Å². The first kappa shape index (κ1) is 23.4. The topological polar surface area (TPSA) is 92.5 Å². The fourth-order valence-corrected chi connectivity index (χ4v) is 4.48. The number of nitrogens with zero attached hydrogens (tertiary/aromatic N) is 1. The lowest BCUT2D eigenvalue weighted by Gasteiger charge is -2.31. The van der Waals surface area contributed by atoms with E-state index in [1.165, 1.54) is 19.3 Å². The summed E-state index contributed by atoms with van der Waals surface area (Å²) in [4.78, 5) is 40.1. The molecule has 1 saturated carbocycles. The van der Waals surface area contributed by atoms with Gasteiger partial charge in [0.2, 0.25) is 17.7 Å². The molecule has 6 nitrogen and oxygen atoms in total. The molecule has 0 aromatic rings. The van der Waals surface area contributed by atoms with Gasteiger partial charge in [0.05, 0.1) is 11.8 Å². The fourth-order valence-electron chi connectivity index (χ4n) is 4.48. The molecule has 3 amide bonds. The highest BCUT2D eigenvalue weighted by atomic mass is 16.2. The molecule has 1 saturated heterocycles. The van der Waals surface area contributed by atoms with Crippen molar-refractivity contribution in [3.05, 3.63) is 12.7 Å². The highest BCUT2D eigenvalue weighted by Gasteiger charge is 2.35. The van der Waals surface area contributed by atoms with Crippen LogP contribution in [0.2, 0.25) is 0 Å². The molecular formula is C23H39N3O3. The molecule has 0 radical (unpaired) electrons. The van der Waals surface area contributed by atoms with Crippen molar-refractivity contribution in [3.8, 4) is 0 Å². The lowest BCUT2D eigenvalue weighted by Crippen LogP contribution is -2.51. The van der Waals surface area contributed by atoms with Crippen LogP contribution in [0.4, 0.5) is 0 Å². The van der Waals surface area contributed by atoms with Crippen LogP contribution in [0.25, 0.3) is 0 Å². The molecule has 2 fully saturated rings. The molecule has 29 heavy (non-hydrogen) atoms. The van der Waals surface area contributed by atoms with Crippen molar-refractivity contribution >= 4 is 17.7 Å². The molecule has 0 spiro atoms. The van der Waals surface area contributed by atoms with E-state index in [4.69, 9.17) is 5.73 Å². The molecule has 6 heteroatoms. The standard InChI is InChI=1S/C23H39N3O3/c1-4-8-18(21(24)27)19(15-16(2)3)22(28)25-20-11-5-6-13-26(23(20)29)14-12-17-9-7-10-17/h4,16-20H,1,5-15H2,2-3H3,(H2,24,27)(H,25,28)/t18-,19+,20-/m0/s1. The van der Waals surface area contributed by atoms with Crippen molar-refractivity contribution in [2.45, 2.75) is 77.7 Å². The first-order valence-corrected chi connectivity index (χ1v) is 11.3. The molecule has 2 rings (SSSR count). The van der Waals surface area contributed by atoms with Crippen LogP contribution >= 0.6 is 0 Å². The smallest absolute Gasteiger partial charge is 0.245 e. The Morgan fingerprint density at radius 2 is 1.93 bits per heavy atom. The summed E-state index contributed by atoms with van der Waals surface area (Å²) in [7, 11) is 0. The van der Waals surface area contributed by atoms with Gasteiger partial charge in [-0.05, 0) is 50.4 Å². The maximum Gasteiger partial charge on any atom is 0.245 e. The van der Waals surface area contributed by atoms with Gasteiger partial charge in [-0.15, -0.1) is 6.58 Å². The van der Waals surface area contributed by atoms with Crippen LogP contribution in [0, 0.1) is 23.7 Å². The number of carbonyl (C=O) groups is 3. The summed E-state index contributed by atoms with van der Waals surface area (Å²) >= 11 is 0. The third-order valence-electron chi connectivity index (χ3n) is 6.46. The molecule has 1 aliphatic carbocycles. The number of carbonyl (C=O) groups excluding carboxylic acids is 3. The largest absolute Gasteiger partial charge is 0.369 e. The van der Waals surface area contributed by atoms with E-state index in [0.29, 0.717) is 19.3 Å². The Morgan fingerprint density at radius 1 is 1.21 bits per heavy atom.